The highest BCUT2D eigenvalue weighted by atomic mass is 16.4. The fraction of sp³-hybridized carbons (Fsp3) is 0.556. The first-order valence-electron chi connectivity index (χ1n) is 8.40. The number of aliphatic hydroxyl groups excluding tert-OH is 4. The van der Waals surface area contributed by atoms with Crippen LogP contribution >= 0.6 is 0 Å². The highest BCUT2D eigenvalue weighted by molar-refractivity contribution is 6.01. The minimum absolute atomic E-state index is 0.125. The van der Waals surface area contributed by atoms with Gasteiger partial charge in [0, 0.05) is 13.2 Å². The Bertz CT molecular complexity index is 477. The van der Waals surface area contributed by atoms with Gasteiger partial charge in [-0.15, -0.1) is 0 Å². The van der Waals surface area contributed by atoms with Crippen molar-refractivity contribution >= 4 is 11.9 Å². The van der Waals surface area contributed by atoms with Crippen molar-refractivity contribution in [2.24, 2.45) is 11.8 Å². The number of carbonyl (C=O) groups is 2. The van der Waals surface area contributed by atoms with Gasteiger partial charge in [0.25, 0.3) is 0 Å². The van der Waals surface area contributed by atoms with Gasteiger partial charge in [-0.2, -0.15) is 0 Å². The summed E-state index contributed by atoms with van der Waals surface area (Å²) in [6.07, 6.45) is 4.40. The zero-order valence-electron chi connectivity index (χ0n) is 14.6. The molecule has 2 rings (SSSR count). The second-order valence-corrected chi connectivity index (χ2v) is 5.86. The summed E-state index contributed by atoms with van der Waals surface area (Å²) in [5, 5.41) is 49.9. The minimum Gasteiger partial charge on any atom is -0.478 e. The van der Waals surface area contributed by atoms with Crippen molar-refractivity contribution in [1.29, 1.82) is 0 Å². The number of carboxylic acid groups (broad SMARTS) is 2. The number of hydrogen-bond donors (Lipinski definition) is 6. The van der Waals surface area contributed by atoms with Crippen LogP contribution in [0.3, 0.4) is 0 Å². The van der Waals surface area contributed by atoms with E-state index in [9.17, 15) is 9.59 Å². The van der Waals surface area contributed by atoms with E-state index >= 15 is 0 Å². The molecule has 0 atom stereocenters. The van der Waals surface area contributed by atoms with Crippen LogP contribution in [-0.2, 0) is 0 Å². The molecule has 0 amide bonds. The molecule has 6 N–H and O–H groups in total. The van der Waals surface area contributed by atoms with E-state index in [2.05, 4.69) is 0 Å². The largest absolute Gasteiger partial charge is 0.478 e. The minimum atomic E-state index is -1.23. The second-order valence-electron chi connectivity index (χ2n) is 5.86. The van der Waals surface area contributed by atoms with E-state index in [-0.39, 0.29) is 24.3 Å². The maximum atomic E-state index is 10.5. The highest BCUT2D eigenvalue weighted by Gasteiger charge is 2.19. The fourth-order valence-electron chi connectivity index (χ4n) is 2.45. The number of aliphatic hydroxyl groups is 4. The van der Waals surface area contributed by atoms with Crippen molar-refractivity contribution < 1.29 is 40.2 Å². The Morgan fingerprint density at radius 1 is 0.731 bits per heavy atom. The maximum absolute atomic E-state index is 10.5. The summed E-state index contributed by atoms with van der Waals surface area (Å²) in [4.78, 5) is 20.9. The third-order valence-electron chi connectivity index (χ3n) is 3.97. The van der Waals surface area contributed by atoms with Crippen LogP contribution in [0.1, 0.15) is 46.4 Å². The van der Waals surface area contributed by atoms with Crippen LogP contribution in [0.4, 0.5) is 0 Å². The first-order valence-corrected chi connectivity index (χ1v) is 8.40. The van der Waals surface area contributed by atoms with Crippen molar-refractivity contribution in [2.75, 3.05) is 26.4 Å². The lowest BCUT2D eigenvalue weighted by molar-refractivity contribution is 0.0651. The third-order valence-corrected chi connectivity index (χ3v) is 3.97. The molecular formula is C18H28O8. The van der Waals surface area contributed by atoms with Gasteiger partial charge in [-0.25, -0.2) is 9.59 Å². The molecule has 0 spiro atoms. The van der Waals surface area contributed by atoms with Crippen molar-refractivity contribution in [1.82, 2.24) is 0 Å². The summed E-state index contributed by atoms with van der Waals surface area (Å²) in [5.41, 5.74) is -0.380. The Morgan fingerprint density at radius 3 is 1.23 bits per heavy atom. The zero-order chi connectivity index (χ0) is 19.9. The maximum Gasteiger partial charge on any atom is 0.336 e. The molecule has 0 aliphatic heterocycles. The van der Waals surface area contributed by atoms with E-state index in [4.69, 9.17) is 30.6 Å². The molecule has 8 nitrogen and oxygen atoms in total. The Labute approximate surface area is 152 Å². The Kier molecular flexibility index (Phi) is 13.1. The molecule has 0 heterocycles. The normalized spacial score (nSPS) is 18.6. The van der Waals surface area contributed by atoms with E-state index in [1.165, 1.54) is 24.3 Å². The predicted octanol–water partition coefficient (Wildman–Crippen LogP) is 0.831. The lowest BCUT2D eigenvalue weighted by Gasteiger charge is -2.25. The van der Waals surface area contributed by atoms with Crippen molar-refractivity contribution in [3.05, 3.63) is 35.4 Å². The summed E-state index contributed by atoms with van der Waals surface area (Å²) in [6, 6.07) is 5.48. The molecular weight excluding hydrogens is 344 g/mol. The number of hydrogen-bond acceptors (Lipinski definition) is 6. The molecule has 1 aromatic carbocycles. The second kappa shape index (κ2) is 14.2. The van der Waals surface area contributed by atoms with Crippen LogP contribution in [0, 0.1) is 11.8 Å². The zero-order valence-corrected chi connectivity index (χ0v) is 14.6. The Balaban J connectivity index is 0.000000405. The molecule has 0 unspecified atom stereocenters. The summed E-state index contributed by atoms with van der Waals surface area (Å²) < 4.78 is 0. The van der Waals surface area contributed by atoms with Gasteiger partial charge in [0.2, 0.25) is 0 Å². The number of aromatic carboxylic acids is 2. The van der Waals surface area contributed by atoms with E-state index in [1.54, 1.807) is 0 Å². The highest BCUT2D eigenvalue weighted by Crippen LogP contribution is 2.27. The van der Waals surface area contributed by atoms with Gasteiger partial charge in [0.15, 0.2) is 0 Å². The van der Waals surface area contributed by atoms with Gasteiger partial charge in [-0.1, -0.05) is 12.1 Å². The molecule has 8 heteroatoms. The van der Waals surface area contributed by atoms with Gasteiger partial charge in [0.1, 0.15) is 0 Å². The SMILES string of the molecule is O=C(O)c1ccccc1C(=O)O.OCC1CCC(CO)CC1.OCCO. The molecule has 1 saturated carbocycles. The molecule has 0 aromatic heterocycles. The summed E-state index contributed by atoms with van der Waals surface area (Å²) in [5.74, 6) is -1.42. The first kappa shape index (κ1) is 24.0. The number of carboxylic acids is 2. The van der Waals surface area contributed by atoms with E-state index < -0.39 is 11.9 Å². The summed E-state index contributed by atoms with van der Waals surface area (Å²) in [6.45, 7) is 0.413. The number of rotatable bonds is 5. The van der Waals surface area contributed by atoms with Crippen LogP contribution in [0.15, 0.2) is 24.3 Å². The van der Waals surface area contributed by atoms with Crippen molar-refractivity contribution in [3.63, 3.8) is 0 Å². The topological polar surface area (TPSA) is 156 Å². The molecule has 1 aliphatic carbocycles. The average molecular weight is 372 g/mol. The quantitative estimate of drug-likeness (QED) is 0.444. The summed E-state index contributed by atoms with van der Waals surface area (Å²) in [7, 11) is 0. The van der Waals surface area contributed by atoms with Crippen LogP contribution in [0.25, 0.3) is 0 Å². The third kappa shape index (κ3) is 9.47. The van der Waals surface area contributed by atoms with E-state index in [0.29, 0.717) is 25.0 Å². The molecule has 0 bridgehead atoms. The fourth-order valence-corrected chi connectivity index (χ4v) is 2.45. The van der Waals surface area contributed by atoms with E-state index in [0.717, 1.165) is 25.7 Å². The van der Waals surface area contributed by atoms with Gasteiger partial charge < -0.3 is 30.6 Å². The molecule has 0 radical (unpaired) electrons. The molecule has 0 saturated heterocycles. The molecule has 1 fully saturated rings. The van der Waals surface area contributed by atoms with Crippen LogP contribution in [0.2, 0.25) is 0 Å². The van der Waals surface area contributed by atoms with Crippen LogP contribution < -0.4 is 0 Å². The summed E-state index contributed by atoms with van der Waals surface area (Å²) >= 11 is 0. The average Bonchev–Trinajstić information content (AvgIpc) is 2.68. The Morgan fingerprint density at radius 2 is 1.04 bits per heavy atom. The Hall–Kier alpha value is -2.00. The van der Waals surface area contributed by atoms with Crippen LogP contribution in [-0.4, -0.2) is 69.0 Å². The van der Waals surface area contributed by atoms with Crippen LogP contribution in [0.5, 0.6) is 0 Å². The monoisotopic (exact) mass is 372 g/mol. The van der Waals surface area contributed by atoms with Crippen molar-refractivity contribution in [3.8, 4) is 0 Å². The predicted molar refractivity (Wildman–Crippen MR) is 94.2 cm³/mol. The van der Waals surface area contributed by atoms with Gasteiger partial charge in [-0.3, -0.25) is 0 Å². The smallest absolute Gasteiger partial charge is 0.336 e. The molecule has 1 aromatic rings. The van der Waals surface area contributed by atoms with Gasteiger partial charge in [-0.05, 0) is 49.7 Å². The van der Waals surface area contributed by atoms with Gasteiger partial charge >= 0.3 is 11.9 Å². The lowest BCUT2D eigenvalue weighted by atomic mass is 9.83. The molecule has 148 valence electrons. The lowest BCUT2D eigenvalue weighted by Crippen LogP contribution is -2.19. The van der Waals surface area contributed by atoms with Crippen molar-refractivity contribution in [2.45, 2.75) is 25.7 Å². The standard InChI is InChI=1S/C8H6O4.C8H16O2.C2H6O2/c9-7(10)5-3-1-2-4-6(5)8(11)12;9-5-7-1-2-8(6-10)4-3-7;3-1-2-4/h1-4H,(H,9,10)(H,11,12);7-10H,1-6H2;3-4H,1-2H2. The van der Waals surface area contributed by atoms with E-state index in [1.807, 2.05) is 0 Å². The van der Waals surface area contributed by atoms with Gasteiger partial charge in [0.05, 0.1) is 24.3 Å². The first-order chi connectivity index (χ1) is 12.4. The molecule has 26 heavy (non-hydrogen) atoms. The molecule has 1 aliphatic rings. The number of benzene rings is 1.